The zero-order valence-corrected chi connectivity index (χ0v) is 70.5. The summed E-state index contributed by atoms with van der Waals surface area (Å²) in [5, 5.41) is 0. The average molecular weight is 1640 g/mol. The third-order valence-corrected chi connectivity index (χ3v) is 53.2. The van der Waals surface area contributed by atoms with E-state index in [0.29, 0.717) is 0 Å². The van der Waals surface area contributed by atoms with Gasteiger partial charge in [-0.05, 0) is 276 Å². The number of rotatable bonds is 16. The van der Waals surface area contributed by atoms with Crippen LogP contribution in [0.4, 0.5) is 0 Å². The lowest BCUT2D eigenvalue weighted by Crippen LogP contribution is -2.87. The molecule has 0 amide bonds. The summed E-state index contributed by atoms with van der Waals surface area (Å²) in [6, 6.07) is 116. The van der Waals surface area contributed by atoms with Gasteiger partial charge in [-0.3, -0.25) is 0 Å². The first-order valence-electron chi connectivity index (χ1n) is 38.7. The summed E-state index contributed by atoms with van der Waals surface area (Å²) in [4.78, 5) is 0. The van der Waals surface area contributed by atoms with Crippen molar-refractivity contribution in [3.8, 4) is 89.0 Å². The summed E-state index contributed by atoms with van der Waals surface area (Å²) >= 11 is 0. The van der Waals surface area contributed by atoms with Crippen molar-refractivity contribution in [2.75, 3.05) is 0 Å². The topological polar surface area (TPSA) is 111 Å². The van der Waals surface area contributed by atoms with E-state index in [-0.39, 0.29) is 0 Å². The molecular formula is C96H72O12Si8. The van der Waals surface area contributed by atoms with Crippen LogP contribution in [-0.2, 0) is 49.4 Å². The number of fused-ring (bicyclic) bond motifs is 8. The minimum absolute atomic E-state index is 0.826. The van der Waals surface area contributed by atoms with Crippen molar-refractivity contribution in [1.29, 1.82) is 0 Å². The lowest BCUT2D eigenvalue weighted by Gasteiger charge is -2.60. The van der Waals surface area contributed by atoms with E-state index in [9.17, 15) is 0 Å². The molecule has 0 aromatic heterocycles. The van der Waals surface area contributed by atoms with E-state index in [0.717, 1.165) is 134 Å². The molecule has 6 aliphatic heterocycles. The molecule has 0 N–H and O–H groups in total. The van der Waals surface area contributed by atoms with Crippen LogP contribution in [0.25, 0.3) is 138 Å². The normalized spacial score (nSPS) is 25.5. The highest BCUT2D eigenvalue weighted by Gasteiger charge is 2.82. The highest BCUT2D eigenvalue weighted by atomic mass is 28.6. The van der Waals surface area contributed by atoms with E-state index in [2.05, 4.69) is 194 Å². The van der Waals surface area contributed by atoms with E-state index >= 15 is 0 Å². The van der Waals surface area contributed by atoms with Crippen LogP contribution in [0.5, 0.6) is 0 Å². The molecule has 6 saturated heterocycles. The highest BCUT2D eigenvalue weighted by Crippen LogP contribution is 2.53. The molecule has 8 bridgehead atoms. The summed E-state index contributed by atoms with van der Waals surface area (Å²) in [6.45, 7) is 0. The Bertz CT molecular complexity index is 4930. The van der Waals surface area contributed by atoms with E-state index in [1.54, 1.807) is 0 Å². The van der Waals surface area contributed by atoms with Gasteiger partial charge in [-0.25, -0.2) is 0 Å². The van der Waals surface area contributed by atoms with Gasteiger partial charge >= 0.3 is 70.4 Å². The zero-order chi connectivity index (χ0) is 77.3. The van der Waals surface area contributed by atoms with Crippen LogP contribution in [0.2, 0.25) is 0 Å². The average Bonchev–Trinajstić information content (AvgIpc) is 1.01. The molecule has 0 atom stereocenters. The number of hydrogen-bond donors (Lipinski definition) is 0. The maximum absolute atomic E-state index is 8.49. The maximum atomic E-state index is 8.49. The van der Waals surface area contributed by atoms with Crippen LogP contribution in [0.3, 0.4) is 0 Å². The summed E-state index contributed by atoms with van der Waals surface area (Å²) in [7, 11) is -40.7. The first-order chi connectivity index (χ1) is 56.8. The molecule has 116 heavy (non-hydrogen) atoms. The van der Waals surface area contributed by atoms with Gasteiger partial charge in [0.15, 0.2) is 0 Å². The van der Waals surface area contributed by atoms with Crippen molar-refractivity contribution in [3.63, 3.8) is 0 Å². The van der Waals surface area contributed by atoms with Crippen LogP contribution in [0, 0.1) is 0 Å². The van der Waals surface area contributed by atoms with Crippen LogP contribution in [0.15, 0.2) is 385 Å². The molecule has 22 rings (SSSR count). The van der Waals surface area contributed by atoms with Crippen molar-refractivity contribution >= 4 is 119 Å². The molecule has 0 aromatic carbocycles. The SMILES string of the molecule is C(=C\[Si]12O[Si]3(/C=C/c4cc5cccccc-5c4)O[Si]4(/C=C/c5cc6cccccc-6c5)O[Si](/C=C/c5cc6cccccc-6c5)(O1)O[Si]1(/C=C/c5cc6cccccc-6c5)O[Si](/C=C/c5cc6cccccc-6c5)(O2)O[Si](/C=C/c2cc5cccccc-5c2)(O3)O[Si](/C=C/c2cc3cccccc-3c2)(O4)O1)/c1cc2cccccc-2c1. The fourth-order valence-corrected chi connectivity index (χ4v) is 57.7. The Balaban J connectivity index is 0.889. The summed E-state index contributed by atoms with van der Waals surface area (Å²) < 4.78 is 102. The second-order valence-electron chi connectivity index (χ2n) is 29.6. The van der Waals surface area contributed by atoms with Gasteiger partial charge in [-0.2, -0.15) is 0 Å². The van der Waals surface area contributed by atoms with Gasteiger partial charge < -0.3 is 49.4 Å². The van der Waals surface area contributed by atoms with Crippen LogP contribution in [0.1, 0.15) is 44.5 Å². The van der Waals surface area contributed by atoms with Crippen LogP contribution < -0.4 is 0 Å². The summed E-state index contributed by atoms with van der Waals surface area (Å²) in [5.41, 5.74) is 38.0. The summed E-state index contributed by atoms with van der Waals surface area (Å²) in [6.07, 6.45) is 15.9. The molecule has 16 aliphatic carbocycles. The molecule has 0 aromatic rings. The second-order valence-corrected chi connectivity index (χ2v) is 51.7. The fourth-order valence-electron chi connectivity index (χ4n) is 16.0. The third-order valence-electron chi connectivity index (χ3n) is 21.3. The van der Waals surface area contributed by atoms with Crippen LogP contribution in [-0.4, -0.2) is 70.4 Å². The smallest absolute Gasteiger partial charge is 0.367 e. The van der Waals surface area contributed by atoms with Gasteiger partial charge in [0, 0.05) is 0 Å². The molecule has 0 saturated carbocycles. The lowest BCUT2D eigenvalue weighted by molar-refractivity contribution is -0.00560. The van der Waals surface area contributed by atoms with Crippen molar-refractivity contribution in [3.05, 3.63) is 430 Å². The minimum Gasteiger partial charge on any atom is -0.367 e. The standard InChI is InChI=1S/C96H72O12Si8/c1-9-25-81-57-73(58-82(81)26-10-1)41-49-109-97-110(50-42-74-59-83-27-11-2-12-28-84(83)60-74)100-113(53-45-77-65-89-33-17-5-18-34-90(89)66-77)102-111(98-109,51-43-75-61-85-29-13-3-14-30-86(85)62-75)104-115(55-47-79-69-93-37-21-7-22-38-94(93)70-79)105-112(99-109,52-44-76-63-87-31-15-4-16-32-88(87)64-76)103-114(101-110,54-46-78-67-91-35-19-6-20-36-92(91)68-78)107-116(106-113,108-115)56-48-80-71-95-39-23-8-24-40-96(95)72-80/h1-72H/b49-41+,50-42+,51-43+,52-44+,53-45+,54-46+,55-47+,56-48+. The molecule has 0 radical (unpaired) electrons. The molecule has 6 heterocycles. The minimum atomic E-state index is -5.08. The molecular weight excluding hydrogens is 1570 g/mol. The third kappa shape index (κ3) is 14.7. The first kappa shape index (κ1) is 72.5. The predicted octanol–water partition coefficient (Wildman–Crippen LogP) is 22.6. The Labute approximate surface area is 682 Å². The van der Waals surface area contributed by atoms with E-state index in [1.807, 2.05) is 240 Å². The molecule has 6 fully saturated rings. The summed E-state index contributed by atoms with van der Waals surface area (Å²) in [5.74, 6) is 0. The first-order valence-corrected chi connectivity index (χ1v) is 53.1. The van der Waals surface area contributed by atoms with Crippen molar-refractivity contribution in [1.82, 2.24) is 0 Å². The highest BCUT2D eigenvalue weighted by molar-refractivity contribution is 7.08. The maximum Gasteiger partial charge on any atom is 0.508 e. The fraction of sp³-hybridized carbons (Fsp3) is 0. The van der Waals surface area contributed by atoms with E-state index in [1.165, 1.54) is 0 Å². The van der Waals surface area contributed by atoms with Crippen molar-refractivity contribution in [2.45, 2.75) is 0 Å². The van der Waals surface area contributed by atoms with Gasteiger partial charge in [-0.1, -0.05) is 291 Å². The predicted molar refractivity (Wildman–Crippen MR) is 476 cm³/mol. The number of hydrogen-bond acceptors (Lipinski definition) is 12. The monoisotopic (exact) mass is 1640 g/mol. The Morgan fingerprint density at radius 2 is 0.207 bits per heavy atom. The van der Waals surface area contributed by atoms with Gasteiger partial charge in [-0.15, -0.1) is 0 Å². The second kappa shape index (κ2) is 29.5. The van der Waals surface area contributed by atoms with Gasteiger partial charge in [0.1, 0.15) is 0 Å². The molecule has 20 heteroatoms. The Morgan fingerprint density at radius 3 is 0.293 bits per heavy atom. The van der Waals surface area contributed by atoms with Gasteiger partial charge in [0.05, 0.1) is 0 Å². The Morgan fingerprint density at radius 1 is 0.121 bits per heavy atom. The molecule has 0 unspecified atom stereocenters. The Kier molecular flexibility index (Phi) is 18.4. The van der Waals surface area contributed by atoms with Gasteiger partial charge in [0.2, 0.25) is 0 Å². The van der Waals surface area contributed by atoms with Gasteiger partial charge in [0.25, 0.3) is 0 Å². The molecule has 12 nitrogen and oxygen atoms in total. The van der Waals surface area contributed by atoms with Crippen molar-refractivity contribution in [2.24, 2.45) is 0 Å². The molecule has 0 spiro atoms. The largest absolute Gasteiger partial charge is 0.508 e. The molecule has 22 aliphatic rings. The Hall–Kier alpha value is -11.2. The van der Waals surface area contributed by atoms with Crippen molar-refractivity contribution < 1.29 is 49.4 Å². The van der Waals surface area contributed by atoms with E-state index < -0.39 is 70.4 Å². The quantitative estimate of drug-likeness (QED) is 0.0859. The zero-order valence-electron chi connectivity index (χ0n) is 62.5. The molecule has 560 valence electrons. The van der Waals surface area contributed by atoms with Crippen LogP contribution >= 0.6 is 0 Å². The lowest BCUT2D eigenvalue weighted by atomic mass is 10.2. The van der Waals surface area contributed by atoms with E-state index in [4.69, 9.17) is 49.4 Å².